The van der Waals surface area contributed by atoms with Crippen LogP contribution in [0.3, 0.4) is 0 Å². The van der Waals surface area contributed by atoms with Gasteiger partial charge in [-0.05, 0) is 24.8 Å². The lowest BCUT2D eigenvalue weighted by Crippen LogP contribution is -2.13. The van der Waals surface area contributed by atoms with Crippen LogP contribution in [0.4, 0.5) is 0 Å². The molecule has 1 fully saturated rings. The lowest BCUT2D eigenvalue weighted by atomic mass is 9.99. The van der Waals surface area contributed by atoms with Gasteiger partial charge >= 0.3 is 0 Å². The van der Waals surface area contributed by atoms with Gasteiger partial charge in [-0.3, -0.25) is 0 Å². The Morgan fingerprint density at radius 3 is 2.65 bits per heavy atom. The van der Waals surface area contributed by atoms with Gasteiger partial charge in [0, 0.05) is 17.7 Å². The number of ether oxygens (including phenoxy) is 1. The van der Waals surface area contributed by atoms with Gasteiger partial charge in [0.25, 0.3) is 0 Å². The molecule has 1 atom stereocenters. The number of nitrogens with zero attached hydrogens (tertiary/aromatic N) is 1. The van der Waals surface area contributed by atoms with Crippen LogP contribution in [-0.2, 0) is 0 Å². The van der Waals surface area contributed by atoms with E-state index in [1.54, 1.807) is 6.07 Å². The Bertz CT molecular complexity index is 453. The van der Waals surface area contributed by atoms with Crippen LogP contribution in [-0.4, -0.2) is 12.2 Å². The normalized spacial score (nSPS) is 15.6. The lowest BCUT2D eigenvalue weighted by Gasteiger charge is -2.15. The predicted octanol–water partition coefficient (Wildman–Crippen LogP) is 2.10. The fourth-order valence-electron chi connectivity index (χ4n) is 1.81. The van der Waals surface area contributed by atoms with E-state index in [9.17, 15) is 5.11 Å². The number of hydrogen-bond acceptors (Lipinski definition) is 4. The molecule has 1 aromatic rings. The van der Waals surface area contributed by atoms with Crippen molar-refractivity contribution < 1.29 is 9.84 Å². The van der Waals surface area contributed by atoms with Crippen LogP contribution < -0.4 is 10.5 Å². The highest BCUT2D eigenvalue weighted by Crippen LogP contribution is 2.44. The SMILES string of the molecule is COc1cc(C#N)cc([C@H](N)C2CC2)c1O.Cl. The zero-order valence-corrected chi connectivity index (χ0v) is 10.3. The molecule has 0 heterocycles. The van der Waals surface area contributed by atoms with Gasteiger partial charge in [0.2, 0.25) is 0 Å². The highest BCUT2D eigenvalue weighted by molar-refractivity contribution is 5.85. The number of phenolic OH excluding ortho intramolecular Hbond substituents is 1. The standard InChI is InChI=1S/C12H14N2O2.ClH/c1-16-10-5-7(6-13)4-9(12(10)15)11(14)8-2-3-8;/h4-5,8,11,15H,2-3,14H2,1H3;1H/t11-;/m1./s1. The van der Waals surface area contributed by atoms with Gasteiger partial charge in [-0.15, -0.1) is 12.4 Å². The predicted molar refractivity (Wildman–Crippen MR) is 66.3 cm³/mol. The summed E-state index contributed by atoms with van der Waals surface area (Å²) in [5, 5.41) is 18.8. The number of nitrogens with two attached hydrogens (primary N) is 1. The van der Waals surface area contributed by atoms with Crippen LogP contribution in [0.1, 0.15) is 30.0 Å². The van der Waals surface area contributed by atoms with Crippen molar-refractivity contribution in [3.8, 4) is 17.6 Å². The van der Waals surface area contributed by atoms with E-state index < -0.39 is 0 Å². The number of aromatic hydroxyl groups is 1. The topological polar surface area (TPSA) is 79.3 Å². The molecular formula is C12H15ClN2O2. The molecule has 0 saturated heterocycles. The van der Waals surface area contributed by atoms with Crippen molar-refractivity contribution in [3.05, 3.63) is 23.3 Å². The molecule has 0 bridgehead atoms. The summed E-state index contributed by atoms with van der Waals surface area (Å²) < 4.78 is 5.02. The van der Waals surface area contributed by atoms with Gasteiger partial charge in [-0.25, -0.2) is 0 Å². The fourth-order valence-corrected chi connectivity index (χ4v) is 1.81. The van der Waals surface area contributed by atoms with Gasteiger partial charge in [0.15, 0.2) is 11.5 Å². The highest BCUT2D eigenvalue weighted by Gasteiger charge is 2.32. The highest BCUT2D eigenvalue weighted by atomic mass is 35.5. The first kappa shape index (κ1) is 13.6. The first-order valence-corrected chi connectivity index (χ1v) is 5.24. The Balaban J connectivity index is 0.00000144. The molecule has 1 aliphatic rings. The summed E-state index contributed by atoms with van der Waals surface area (Å²) in [6.07, 6.45) is 2.17. The van der Waals surface area contributed by atoms with Crippen molar-refractivity contribution in [3.63, 3.8) is 0 Å². The number of rotatable bonds is 3. The number of methoxy groups -OCH3 is 1. The Hall–Kier alpha value is -1.44. The Kier molecular flexibility index (Phi) is 4.22. The first-order valence-electron chi connectivity index (χ1n) is 5.24. The molecule has 0 amide bonds. The summed E-state index contributed by atoms with van der Waals surface area (Å²) >= 11 is 0. The maximum Gasteiger partial charge on any atom is 0.162 e. The summed E-state index contributed by atoms with van der Waals surface area (Å²) in [6.45, 7) is 0. The first-order chi connectivity index (χ1) is 7.67. The van der Waals surface area contributed by atoms with Crippen molar-refractivity contribution in [2.24, 2.45) is 11.7 Å². The average molecular weight is 255 g/mol. The molecule has 4 nitrogen and oxygen atoms in total. The van der Waals surface area contributed by atoms with Crippen LogP contribution in [0.15, 0.2) is 12.1 Å². The molecule has 17 heavy (non-hydrogen) atoms. The molecule has 0 aliphatic heterocycles. The fraction of sp³-hybridized carbons (Fsp3) is 0.417. The van der Waals surface area contributed by atoms with Crippen LogP contribution in [0.2, 0.25) is 0 Å². The second-order valence-electron chi connectivity index (χ2n) is 4.09. The summed E-state index contributed by atoms with van der Waals surface area (Å²) in [6, 6.07) is 4.98. The van der Waals surface area contributed by atoms with Crippen molar-refractivity contribution >= 4 is 12.4 Å². The molecule has 1 saturated carbocycles. The van der Waals surface area contributed by atoms with Crippen LogP contribution in [0.5, 0.6) is 11.5 Å². The zero-order valence-electron chi connectivity index (χ0n) is 9.51. The number of benzene rings is 1. The molecular weight excluding hydrogens is 240 g/mol. The van der Waals surface area contributed by atoms with Gasteiger partial charge < -0.3 is 15.6 Å². The van der Waals surface area contributed by atoms with Crippen molar-refractivity contribution in [1.29, 1.82) is 5.26 Å². The number of phenols is 1. The Labute approximate surface area is 106 Å². The zero-order chi connectivity index (χ0) is 11.7. The minimum Gasteiger partial charge on any atom is -0.504 e. The Morgan fingerprint density at radius 2 is 2.18 bits per heavy atom. The van der Waals surface area contributed by atoms with Gasteiger partial charge in [-0.1, -0.05) is 0 Å². The van der Waals surface area contributed by atoms with Gasteiger partial charge in [0.1, 0.15) is 0 Å². The molecule has 1 aromatic carbocycles. The molecule has 0 radical (unpaired) electrons. The number of halogens is 1. The number of nitriles is 1. The average Bonchev–Trinajstić information content (AvgIpc) is 3.12. The minimum absolute atomic E-state index is 0. The molecule has 3 N–H and O–H groups in total. The second kappa shape index (κ2) is 5.26. The van der Waals surface area contributed by atoms with E-state index >= 15 is 0 Å². The van der Waals surface area contributed by atoms with E-state index in [2.05, 4.69) is 0 Å². The van der Waals surface area contributed by atoms with E-state index in [1.165, 1.54) is 13.2 Å². The van der Waals surface area contributed by atoms with E-state index in [0.717, 1.165) is 12.8 Å². The van der Waals surface area contributed by atoms with Gasteiger partial charge in [0.05, 0.1) is 18.7 Å². The third-order valence-electron chi connectivity index (χ3n) is 2.94. The summed E-state index contributed by atoms with van der Waals surface area (Å²) in [7, 11) is 1.46. The molecule has 1 aliphatic carbocycles. The minimum atomic E-state index is -0.206. The van der Waals surface area contributed by atoms with E-state index in [-0.39, 0.29) is 24.2 Å². The van der Waals surface area contributed by atoms with E-state index in [4.69, 9.17) is 15.7 Å². The van der Waals surface area contributed by atoms with Crippen LogP contribution in [0, 0.1) is 17.2 Å². The quantitative estimate of drug-likeness (QED) is 0.866. The Morgan fingerprint density at radius 1 is 1.53 bits per heavy atom. The van der Waals surface area contributed by atoms with E-state index in [0.29, 0.717) is 22.8 Å². The third-order valence-corrected chi connectivity index (χ3v) is 2.94. The maximum atomic E-state index is 9.94. The lowest BCUT2D eigenvalue weighted by molar-refractivity contribution is 0.367. The molecule has 0 unspecified atom stereocenters. The van der Waals surface area contributed by atoms with Gasteiger partial charge in [-0.2, -0.15) is 5.26 Å². The van der Waals surface area contributed by atoms with Crippen molar-refractivity contribution in [1.82, 2.24) is 0 Å². The van der Waals surface area contributed by atoms with Crippen LogP contribution in [0.25, 0.3) is 0 Å². The molecule has 0 spiro atoms. The number of hydrogen-bond donors (Lipinski definition) is 2. The largest absolute Gasteiger partial charge is 0.504 e. The maximum absolute atomic E-state index is 9.94. The smallest absolute Gasteiger partial charge is 0.162 e. The third kappa shape index (κ3) is 2.63. The monoisotopic (exact) mass is 254 g/mol. The molecule has 92 valence electrons. The van der Waals surface area contributed by atoms with Crippen molar-refractivity contribution in [2.45, 2.75) is 18.9 Å². The summed E-state index contributed by atoms with van der Waals surface area (Å²) in [4.78, 5) is 0. The second-order valence-corrected chi connectivity index (χ2v) is 4.09. The summed E-state index contributed by atoms with van der Waals surface area (Å²) in [5.74, 6) is 0.788. The molecule has 2 rings (SSSR count). The molecule has 0 aromatic heterocycles. The summed E-state index contributed by atoms with van der Waals surface area (Å²) in [5.41, 5.74) is 7.09. The van der Waals surface area contributed by atoms with E-state index in [1.807, 2.05) is 6.07 Å². The van der Waals surface area contributed by atoms with Crippen LogP contribution >= 0.6 is 12.4 Å². The van der Waals surface area contributed by atoms with Crippen molar-refractivity contribution in [2.75, 3.05) is 7.11 Å². The molecule has 5 heteroatoms.